The highest BCUT2D eigenvalue weighted by molar-refractivity contribution is 5.87. The van der Waals surface area contributed by atoms with Crippen molar-refractivity contribution in [2.45, 2.75) is 39.3 Å². The van der Waals surface area contributed by atoms with Gasteiger partial charge in [0.05, 0.1) is 11.3 Å². The van der Waals surface area contributed by atoms with E-state index in [1.807, 2.05) is 6.07 Å². The van der Waals surface area contributed by atoms with Crippen LogP contribution in [0.5, 0.6) is 0 Å². The highest BCUT2D eigenvalue weighted by Gasteiger charge is 2.23. The fraction of sp³-hybridized carbons (Fsp3) is 0.571. The van der Waals surface area contributed by atoms with E-state index >= 15 is 0 Å². The Bertz CT molecular complexity index is 416. The summed E-state index contributed by atoms with van der Waals surface area (Å²) in [6.45, 7) is 6.44. The topological polar surface area (TPSA) is 53.4 Å². The zero-order valence-corrected chi connectivity index (χ0v) is 11.0. The molecule has 1 aromatic rings. The quantitative estimate of drug-likeness (QED) is 0.892. The molecule has 2 rings (SSSR count). The summed E-state index contributed by atoms with van der Waals surface area (Å²) < 4.78 is 0. The van der Waals surface area contributed by atoms with Crippen LogP contribution in [0.25, 0.3) is 0 Å². The maximum atomic E-state index is 10.7. The molecule has 0 bridgehead atoms. The summed E-state index contributed by atoms with van der Waals surface area (Å²) in [6, 6.07) is 4.03. The summed E-state index contributed by atoms with van der Waals surface area (Å²) in [5.41, 5.74) is 1.19. The zero-order chi connectivity index (χ0) is 13.1. The lowest BCUT2D eigenvalue weighted by Gasteiger charge is -2.36. The second-order valence-corrected chi connectivity index (χ2v) is 5.30. The molecule has 1 fully saturated rings. The predicted molar refractivity (Wildman–Crippen MR) is 69.5 cm³/mol. The number of aromatic nitrogens is 1. The van der Waals surface area contributed by atoms with Crippen molar-refractivity contribution >= 4 is 5.97 Å². The van der Waals surface area contributed by atoms with E-state index in [9.17, 15) is 4.79 Å². The average molecular weight is 248 g/mol. The Morgan fingerprint density at radius 1 is 1.44 bits per heavy atom. The van der Waals surface area contributed by atoms with Gasteiger partial charge in [-0.15, -0.1) is 0 Å². The van der Waals surface area contributed by atoms with Gasteiger partial charge in [0.2, 0.25) is 0 Å². The molecule has 1 aliphatic rings. The van der Waals surface area contributed by atoms with E-state index in [4.69, 9.17) is 5.11 Å². The second kappa shape index (κ2) is 5.48. The number of carbonyl (C=O) groups is 1. The van der Waals surface area contributed by atoms with Crippen LogP contribution in [0.1, 0.15) is 42.7 Å². The second-order valence-electron chi connectivity index (χ2n) is 5.30. The number of piperidine rings is 1. The Balaban J connectivity index is 2.02. The van der Waals surface area contributed by atoms with Gasteiger partial charge >= 0.3 is 5.97 Å². The van der Waals surface area contributed by atoms with Crippen LogP contribution in [0.15, 0.2) is 18.3 Å². The molecule has 0 aromatic carbocycles. The van der Waals surface area contributed by atoms with Crippen LogP contribution in [0, 0.1) is 5.92 Å². The van der Waals surface area contributed by atoms with Gasteiger partial charge in [-0.25, -0.2) is 4.79 Å². The first-order chi connectivity index (χ1) is 8.56. The summed E-state index contributed by atoms with van der Waals surface area (Å²) >= 11 is 0. The molecule has 1 aliphatic heterocycles. The first kappa shape index (κ1) is 13.0. The van der Waals surface area contributed by atoms with Crippen LogP contribution in [-0.4, -0.2) is 33.5 Å². The molecule has 1 N–H and O–H groups in total. The Hall–Kier alpha value is -1.42. The lowest BCUT2D eigenvalue weighted by Crippen LogP contribution is -2.40. The van der Waals surface area contributed by atoms with Crippen molar-refractivity contribution in [1.29, 1.82) is 0 Å². The number of rotatable bonds is 3. The number of nitrogens with zero attached hydrogens (tertiary/aromatic N) is 2. The molecule has 0 radical (unpaired) electrons. The van der Waals surface area contributed by atoms with E-state index in [1.54, 1.807) is 6.07 Å². The van der Waals surface area contributed by atoms with E-state index in [0.717, 1.165) is 24.7 Å². The van der Waals surface area contributed by atoms with Gasteiger partial charge in [0.15, 0.2) is 0 Å². The van der Waals surface area contributed by atoms with Crippen molar-refractivity contribution in [2.24, 2.45) is 5.92 Å². The lowest BCUT2D eigenvalue weighted by molar-refractivity contribution is 0.0696. The Labute approximate surface area is 108 Å². The summed E-state index contributed by atoms with van der Waals surface area (Å²) in [5, 5.41) is 8.82. The highest BCUT2D eigenvalue weighted by atomic mass is 16.4. The normalized spacial score (nSPS) is 25.0. The lowest BCUT2D eigenvalue weighted by atomic mass is 9.95. The number of carboxylic acids is 1. The van der Waals surface area contributed by atoms with E-state index in [-0.39, 0.29) is 5.56 Å². The molecule has 2 atom stereocenters. The van der Waals surface area contributed by atoms with Gasteiger partial charge in [0.25, 0.3) is 0 Å². The van der Waals surface area contributed by atoms with Crippen LogP contribution in [-0.2, 0) is 6.54 Å². The van der Waals surface area contributed by atoms with Crippen molar-refractivity contribution in [1.82, 2.24) is 9.88 Å². The molecule has 2 heterocycles. The van der Waals surface area contributed by atoms with E-state index in [0.29, 0.717) is 6.04 Å². The average Bonchev–Trinajstić information content (AvgIpc) is 2.34. The molecule has 0 aliphatic carbocycles. The van der Waals surface area contributed by atoms with Crippen LogP contribution in [0.3, 0.4) is 0 Å². The largest absolute Gasteiger partial charge is 0.478 e. The number of likely N-dealkylation sites (tertiary alicyclic amines) is 1. The fourth-order valence-electron chi connectivity index (χ4n) is 2.45. The molecule has 0 spiro atoms. The van der Waals surface area contributed by atoms with Gasteiger partial charge in [0.1, 0.15) is 0 Å². The van der Waals surface area contributed by atoms with Crippen molar-refractivity contribution in [2.75, 3.05) is 6.54 Å². The maximum absolute atomic E-state index is 10.7. The zero-order valence-electron chi connectivity index (χ0n) is 11.0. The molecular weight excluding hydrogens is 228 g/mol. The highest BCUT2D eigenvalue weighted by Crippen LogP contribution is 2.22. The SMILES string of the molecule is CC1CCC(C)N(Cc2ccc(C(=O)O)cn2)C1. The molecule has 1 saturated heterocycles. The molecule has 1 aromatic heterocycles. The van der Waals surface area contributed by atoms with Gasteiger partial charge in [-0.05, 0) is 37.8 Å². The third-order valence-corrected chi connectivity index (χ3v) is 3.68. The Morgan fingerprint density at radius 2 is 2.22 bits per heavy atom. The van der Waals surface area contributed by atoms with Crippen molar-refractivity contribution in [3.05, 3.63) is 29.6 Å². The maximum Gasteiger partial charge on any atom is 0.337 e. The van der Waals surface area contributed by atoms with E-state index in [1.165, 1.54) is 19.0 Å². The summed E-state index contributed by atoms with van der Waals surface area (Å²) in [7, 11) is 0. The third kappa shape index (κ3) is 3.07. The molecule has 4 heteroatoms. The standard InChI is InChI=1S/C14H20N2O2/c1-10-3-4-11(2)16(8-10)9-13-6-5-12(7-15-13)14(17)18/h5-7,10-11H,3-4,8-9H2,1-2H3,(H,17,18). The van der Waals surface area contributed by atoms with Gasteiger partial charge in [-0.2, -0.15) is 0 Å². The number of hydrogen-bond acceptors (Lipinski definition) is 3. The molecule has 4 nitrogen and oxygen atoms in total. The van der Waals surface area contributed by atoms with Crippen LogP contribution >= 0.6 is 0 Å². The minimum atomic E-state index is -0.922. The predicted octanol–water partition coefficient (Wildman–Crippen LogP) is 2.40. The van der Waals surface area contributed by atoms with Gasteiger partial charge in [-0.3, -0.25) is 9.88 Å². The molecule has 0 amide bonds. The molecule has 18 heavy (non-hydrogen) atoms. The third-order valence-electron chi connectivity index (χ3n) is 3.68. The first-order valence-corrected chi connectivity index (χ1v) is 6.48. The van der Waals surface area contributed by atoms with Crippen LogP contribution in [0.2, 0.25) is 0 Å². The minimum Gasteiger partial charge on any atom is -0.478 e. The minimum absolute atomic E-state index is 0.249. The number of carboxylic acid groups (broad SMARTS) is 1. The van der Waals surface area contributed by atoms with Crippen molar-refractivity contribution in [3.8, 4) is 0 Å². The molecular formula is C14H20N2O2. The number of hydrogen-bond donors (Lipinski definition) is 1. The molecule has 0 saturated carbocycles. The van der Waals surface area contributed by atoms with Gasteiger partial charge in [0, 0.05) is 25.3 Å². The summed E-state index contributed by atoms with van der Waals surface area (Å²) in [4.78, 5) is 17.4. The van der Waals surface area contributed by atoms with Crippen molar-refractivity contribution < 1.29 is 9.90 Å². The molecule has 98 valence electrons. The van der Waals surface area contributed by atoms with Crippen LogP contribution in [0.4, 0.5) is 0 Å². The fourth-order valence-corrected chi connectivity index (χ4v) is 2.45. The van der Waals surface area contributed by atoms with E-state index in [2.05, 4.69) is 23.7 Å². The Morgan fingerprint density at radius 3 is 2.83 bits per heavy atom. The monoisotopic (exact) mass is 248 g/mol. The number of aromatic carboxylic acids is 1. The summed E-state index contributed by atoms with van der Waals surface area (Å²) in [5.74, 6) is -0.187. The van der Waals surface area contributed by atoms with Gasteiger partial charge in [-0.1, -0.05) is 6.92 Å². The summed E-state index contributed by atoms with van der Waals surface area (Å²) in [6.07, 6.45) is 3.97. The van der Waals surface area contributed by atoms with E-state index < -0.39 is 5.97 Å². The number of pyridine rings is 1. The van der Waals surface area contributed by atoms with Crippen LogP contribution < -0.4 is 0 Å². The molecule has 2 unspecified atom stereocenters. The smallest absolute Gasteiger partial charge is 0.337 e. The van der Waals surface area contributed by atoms with Gasteiger partial charge < -0.3 is 5.11 Å². The van der Waals surface area contributed by atoms with Crippen molar-refractivity contribution in [3.63, 3.8) is 0 Å². The Kier molecular flexibility index (Phi) is 3.97. The first-order valence-electron chi connectivity index (χ1n) is 6.48.